The van der Waals surface area contributed by atoms with Gasteiger partial charge in [-0.1, -0.05) is 19.3 Å². The van der Waals surface area contributed by atoms with Crippen LogP contribution in [0.3, 0.4) is 0 Å². The second-order valence-corrected chi connectivity index (χ2v) is 5.02. The first-order valence-electron chi connectivity index (χ1n) is 6.54. The largest absolute Gasteiger partial charge is 0.459 e. The van der Waals surface area contributed by atoms with E-state index in [1.807, 2.05) is 0 Å². The van der Waals surface area contributed by atoms with E-state index in [-0.39, 0.29) is 24.1 Å². The van der Waals surface area contributed by atoms with Crippen LogP contribution in [0.15, 0.2) is 0 Å². The van der Waals surface area contributed by atoms with Crippen molar-refractivity contribution in [1.29, 1.82) is 0 Å². The molecule has 0 unspecified atom stereocenters. The van der Waals surface area contributed by atoms with Gasteiger partial charge in [0.2, 0.25) is 0 Å². The molecule has 0 aromatic heterocycles. The average Bonchev–Trinajstić information content (AvgIpc) is 2.83. The maximum Gasteiger partial charge on any atom is 0.309 e. The SMILES string of the molecule is CO[C@H]1CCCC[C@H]1OC(=O)C1CCCC1. The van der Waals surface area contributed by atoms with Gasteiger partial charge >= 0.3 is 5.97 Å². The fourth-order valence-electron chi connectivity index (χ4n) is 2.87. The number of esters is 1. The fourth-order valence-corrected chi connectivity index (χ4v) is 2.87. The number of hydrogen-bond donors (Lipinski definition) is 0. The zero-order valence-electron chi connectivity index (χ0n) is 10.1. The molecule has 0 radical (unpaired) electrons. The summed E-state index contributed by atoms with van der Waals surface area (Å²) in [7, 11) is 1.71. The molecular weight excluding hydrogens is 204 g/mol. The molecule has 92 valence electrons. The Kier molecular flexibility index (Phi) is 4.22. The Hall–Kier alpha value is -0.570. The van der Waals surface area contributed by atoms with Crippen LogP contribution in [-0.2, 0) is 14.3 Å². The van der Waals surface area contributed by atoms with Crippen LogP contribution in [0.2, 0.25) is 0 Å². The molecule has 3 heteroatoms. The van der Waals surface area contributed by atoms with Crippen LogP contribution in [0, 0.1) is 5.92 Å². The van der Waals surface area contributed by atoms with E-state index in [0.717, 1.165) is 32.1 Å². The Bertz CT molecular complexity index is 233. The Morgan fingerprint density at radius 3 is 2.12 bits per heavy atom. The van der Waals surface area contributed by atoms with Crippen molar-refractivity contribution in [2.45, 2.75) is 63.6 Å². The van der Waals surface area contributed by atoms with Crippen molar-refractivity contribution >= 4 is 5.97 Å². The molecule has 0 N–H and O–H groups in total. The summed E-state index contributed by atoms with van der Waals surface area (Å²) in [5, 5.41) is 0. The van der Waals surface area contributed by atoms with Gasteiger partial charge in [-0.2, -0.15) is 0 Å². The smallest absolute Gasteiger partial charge is 0.309 e. The summed E-state index contributed by atoms with van der Waals surface area (Å²) in [6, 6.07) is 0. The number of carbonyl (C=O) groups excluding carboxylic acids is 1. The maximum atomic E-state index is 11.9. The van der Waals surface area contributed by atoms with Crippen molar-refractivity contribution in [1.82, 2.24) is 0 Å². The lowest BCUT2D eigenvalue weighted by atomic mass is 9.94. The molecule has 16 heavy (non-hydrogen) atoms. The summed E-state index contributed by atoms with van der Waals surface area (Å²) >= 11 is 0. The molecule has 2 atom stereocenters. The van der Waals surface area contributed by atoms with Crippen LogP contribution in [0.25, 0.3) is 0 Å². The van der Waals surface area contributed by atoms with Crippen LogP contribution in [0.1, 0.15) is 51.4 Å². The molecule has 0 aromatic carbocycles. The first kappa shape index (κ1) is 11.9. The summed E-state index contributed by atoms with van der Waals surface area (Å²) in [6.07, 6.45) is 8.86. The lowest BCUT2D eigenvalue weighted by Crippen LogP contribution is -2.36. The lowest BCUT2D eigenvalue weighted by molar-refractivity contribution is -0.163. The standard InChI is InChI=1S/C13H22O3/c1-15-11-8-4-5-9-12(11)16-13(14)10-6-2-3-7-10/h10-12H,2-9H2,1H3/t11-,12+/m0/s1. The predicted octanol–water partition coefficient (Wildman–Crippen LogP) is 2.68. The summed E-state index contributed by atoms with van der Waals surface area (Å²) in [5.74, 6) is 0.186. The van der Waals surface area contributed by atoms with Gasteiger partial charge in [0.1, 0.15) is 6.10 Å². The third-order valence-electron chi connectivity index (χ3n) is 3.90. The van der Waals surface area contributed by atoms with Crippen molar-refractivity contribution in [2.24, 2.45) is 5.92 Å². The minimum absolute atomic E-state index is 0.00634. The predicted molar refractivity (Wildman–Crippen MR) is 61.1 cm³/mol. The van der Waals surface area contributed by atoms with E-state index in [2.05, 4.69) is 0 Å². The van der Waals surface area contributed by atoms with Crippen LogP contribution in [0.4, 0.5) is 0 Å². The number of carbonyl (C=O) groups is 1. The van der Waals surface area contributed by atoms with Gasteiger partial charge in [-0.3, -0.25) is 4.79 Å². The first-order valence-corrected chi connectivity index (χ1v) is 6.54. The number of ether oxygens (including phenoxy) is 2. The third-order valence-corrected chi connectivity index (χ3v) is 3.90. The van der Waals surface area contributed by atoms with E-state index >= 15 is 0 Å². The van der Waals surface area contributed by atoms with Crippen molar-refractivity contribution in [3.05, 3.63) is 0 Å². The van der Waals surface area contributed by atoms with Gasteiger partial charge in [-0.15, -0.1) is 0 Å². The van der Waals surface area contributed by atoms with E-state index in [9.17, 15) is 4.79 Å². The van der Waals surface area contributed by atoms with Gasteiger partial charge in [0.15, 0.2) is 0 Å². The quantitative estimate of drug-likeness (QED) is 0.694. The highest BCUT2D eigenvalue weighted by atomic mass is 16.6. The van der Waals surface area contributed by atoms with Gasteiger partial charge in [0, 0.05) is 7.11 Å². The van der Waals surface area contributed by atoms with Crippen molar-refractivity contribution in [3.63, 3.8) is 0 Å². The molecule has 0 spiro atoms. The monoisotopic (exact) mass is 226 g/mol. The van der Waals surface area contributed by atoms with Crippen molar-refractivity contribution in [2.75, 3.05) is 7.11 Å². The van der Waals surface area contributed by atoms with Gasteiger partial charge < -0.3 is 9.47 Å². The Balaban J connectivity index is 1.84. The van der Waals surface area contributed by atoms with Gasteiger partial charge in [0.25, 0.3) is 0 Å². The highest BCUT2D eigenvalue weighted by Crippen LogP contribution is 2.29. The van der Waals surface area contributed by atoms with E-state index in [4.69, 9.17) is 9.47 Å². The molecule has 0 aromatic rings. The van der Waals surface area contributed by atoms with Crippen LogP contribution >= 0.6 is 0 Å². The lowest BCUT2D eigenvalue weighted by Gasteiger charge is -2.30. The molecular formula is C13H22O3. The van der Waals surface area contributed by atoms with Gasteiger partial charge in [-0.05, 0) is 32.1 Å². The Morgan fingerprint density at radius 2 is 1.50 bits per heavy atom. The number of hydrogen-bond acceptors (Lipinski definition) is 3. The first-order chi connectivity index (χ1) is 7.81. The van der Waals surface area contributed by atoms with Crippen LogP contribution < -0.4 is 0 Å². The minimum Gasteiger partial charge on any atom is -0.459 e. The Labute approximate surface area is 97.5 Å². The second-order valence-electron chi connectivity index (χ2n) is 5.02. The van der Waals surface area contributed by atoms with E-state index in [0.29, 0.717) is 0 Å². The molecule has 3 nitrogen and oxygen atoms in total. The van der Waals surface area contributed by atoms with E-state index in [1.54, 1.807) is 7.11 Å². The zero-order valence-corrected chi connectivity index (χ0v) is 10.1. The second kappa shape index (κ2) is 5.67. The Morgan fingerprint density at radius 1 is 0.938 bits per heavy atom. The van der Waals surface area contributed by atoms with Gasteiger partial charge in [-0.25, -0.2) is 0 Å². The summed E-state index contributed by atoms with van der Waals surface area (Å²) in [6.45, 7) is 0. The van der Waals surface area contributed by atoms with E-state index in [1.165, 1.54) is 19.3 Å². The maximum absolute atomic E-state index is 11.9. The topological polar surface area (TPSA) is 35.5 Å². The molecule has 0 heterocycles. The average molecular weight is 226 g/mol. The molecule has 2 aliphatic carbocycles. The molecule has 2 fully saturated rings. The minimum atomic E-state index is 0.00634. The van der Waals surface area contributed by atoms with Crippen molar-refractivity contribution in [3.8, 4) is 0 Å². The third kappa shape index (κ3) is 2.76. The van der Waals surface area contributed by atoms with E-state index < -0.39 is 0 Å². The van der Waals surface area contributed by atoms with Crippen LogP contribution in [0.5, 0.6) is 0 Å². The molecule has 2 rings (SSSR count). The molecule has 0 amide bonds. The highest BCUT2D eigenvalue weighted by molar-refractivity contribution is 5.72. The van der Waals surface area contributed by atoms with Crippen LogP contribution in [-0.4, -0.2) is 25.3 Å². The molecule has 2 aliphatic rings. The summed E-state index contributed by atoms with van der Waals surface area (Å²) in [5.41, 5.74) is 0. The molecule has 2 saturated carbocycles. The number of rotatable bonds is 3. The summed E-state index contributed by atoms with van der Waals surface area (Å²) in [4.78, 5) is 11.9. The zero-order chi connectivity index (χ0) is 11.4. The highest BCUT2D eigenvalue weighted by Gasteiger charge is 2.31. The molecule has 0 bridgehead atoms. The summed E-state index contributed by atoms with van der Waals surface area (Å²) < 4.78 is 11.0. The fraction of sp³-hybridized carbons (Fsp3) is 0.923. The number of methoxy groups -OCH3 is 1. The van der Waals surface area contributed by atoms with Crippen molar-refractivity contribution < 1.29 is 14.3 Å². The van der Waals surface area contributed by atoms with Gasteiger partial charge in [0.05, 0.1) is 12.0 Å². The molecule has 0 saturated heterocycles. The molecule has 0 aliphatic heterocycles. The normalized spacial score (nSPS) is 31.6.